The highest BCUT2D eigenvalue weighted by atomic mass is 16.1. The molecule has 1 atom stereocenters. The molecule has 0 radical (unpaired) electrons. The summed E-state index contributed by atoms with van der Waals surface area (Å²) in [4.78, 5) is 14.2. The molecule has 0 aromatic heterocycles. The quantitative estimate of drug-likeness (QED) is 0.748. The third-order valence-electron chi connectivity index (χ3n) is 4.05. The summed E-state index contributed by atoms with van der Waals surface area (Å²) in [6.45, 7) is 10.1. The average Bonchev–Trinajstić information content (AvgIpc) is 2.85. The SMILES string of the molecule is C=C(CN1CCCC1CC)c1ccccc1C(C)=O. The van der Waals surface area contributed by atoms with Crippen LogP contribution in [0.1, 0.15) is 49.0 Å². The largest absolute Gasteiger partial charge is 0.296 e. The second-order valence-electron chi connectivity index (χ2n) is 5.38. The van der Waals surface area contributed by atoms with Crippen LogP contribution in [0.3, 0.4) is 0 Å². The van der Waals surface area contributed by atoms with Gasteiger partial charge in [0.05, 0.1) is 0 Å². The Morgan fingerprint density at radius 1 is 1.37 bits per heavy atom. The van der Waals surface area contributed by atoms with Gasteiger partial charge in [-0.25, -0.2) is 0 Å². The summed E-state index contributed by atoms with van der Waals surface area (Å²) in [5.41, 5.74) is 2.86. The van der Waals surface area contributed by atoms with Gasteiger partial charge in [0.1, 0.15) is 0 Å². The Balaban J connectivity index is 2.14. The summed E-state index contributed by atoms with van der Waals surface area (Å²) in [5.74, 6) is 0.116. The van der Waals surface area contributed by atoms with Crippen LogP contribution >= 0.6 is 0 Å². The van der Waals surface area contributed by atoms with Gasteiger partial charge in [0, 0.05) is 18.2 Å². The number of ketones is 1. The zero-order valence-corrected chi connectivity index (χ0v) is 12.0. The predicted molar refractivity (Wildman–Crippen MR) is 80.4 cm³/mol. The number of hydrogen-bond acceptors (Lipinski definition) is 2. The third-order valence-corrected chi connectivity index (χ3v) is 4.05. The van der Waals surface area contributed by atoms with Gasteiger partial charge < -0.3 is 0 Å². The molecule has 1 saturated heterocycles. The van der Waals surface area contributed by atoms with Crippen molar-refractivity contribution in [1.82, 2.24) is 4.90 Å². The van der Waals surface area contributed by atoms with Gasteiger partial charge in [0.2, 0.25) is 0 Å². The van der Waals surface area contributed by atoms with Crippen LogP contribution in [0.5, 0.6) is 0 Å². The zero-order chi connectivity index (χ0) is 13.8. The Bertz CT molecular complexity index is 478. The number of likely N-dealkylation sites (tertiary alicyclic amines) is 1. The molecule has 2 rings (SSSR count). The summed E-state index contributed by atoms with van der Waals surface area (Å²) >= 11 is 0. The van der Waals surface area contributed by atoms with E-state index in [1.165, 1.54) is 19.3 Å². The van der Waals surface area contributed by atoms with Crippen molar-refractivity contribution in [1.29, 1.82) is 0 Å². The molecule has 0 amide bonds. The molecule has 1 aromatic rings. The lowest BCUT2D eigenvalue weighted by Gasteiger charge is -2.24. The van der Waals surface area contributed by atoms with Gasteiger partial charge in [-0.3, -0.25) is 9.69 Å². The van der Waals surface area contributed by atoms with Crippen molar-refractivity contribution in [3.63, 3.8) is 0 Å². The van der Waals surface area contributed by atoms with E-state index in [4.69, 9.17) is 0 Å². The van der Waals surface area contributed by atoms with Crippen molar-refractivity contribution in [2.75, 3.05) is 13.1 Å². The van der Waals surface area contributed by atoms with Gasteiger partial charge in [-0.1, -0.05) is 37.8 Å². The summed E-state index contributed by atoms with van der Waals surface area (Å²) in [6.07, 6.45) is 3.76. The van der Waals surface area contributed by atoms with Gasteiger partial charge in [-0.15, -0.1) is 0 Å². The van der Waals surface area contributed by atoms with E-state index < -0.39 is 0 Å². The second kappa shape index (κ2) is 6.16. The van der Waals surface area contributed by atoms with Crippen molar-refractivity contribution in [3.05, 3.63) is 42.0 Å². The molecule has 2 nitrogen and oxygen atoms in total. The molecular formula is C17H23NO. The number of carbonyl (C=O) groups excluding carboxylic acids is 1. The summed E-state index contributed by atoms with van der Waals surface area (Å²) in [7, 11) is 0. The van der Waals surface area contributed by atoms with Crippen LogP contribution in [0.4, 0.5) is 0 Å². The normalized spacial score (nSPS) is 19.6. The fourth-order valence-corrected chi connectivity index (χ4v) is 2.99. The molecular weight excluding hydrogens is 234 g/mol. The second-order valence-corrected chi connectivity index (χ2v) is 5.38. The van der Waals surface area contributed by atoms with Crippen LogP contribution in [0.25, 0.3) is 5.57 Å². The number of nitrogens with zero attached hydrogens (tertiary/aromatic N) is 1. The molecule has 1 unspecified atom stereocenters. The Labute approximate surface area is 116 Å². The smallest absolute Gasteiger partial charge is 0.160 e. The molecule has 0 saturated carbocycles. The van der Waals surface area contributed by atoms with Crippen LogP contribution in [-0.4, -0.2) is 29.8 Å². The Kier molecular flexibility index (Phi) is 4.54. The molecule has 1 fully saturated rings. The number of carbonyl (C=O) groups is 1. The molecule has 19 heavy (non-hydrogen) atoms. The minimum atomic E-state index is 0.116. The van der Waals surface area contributed by atoms with E-state index >= 15 is 0 Å². The molecule has 0 N–H and O–H groups in total. The number of rotatable bonds is 5. The van der Waals surface area contributed by atoms with Crippen LogP contribution in [0, 0.1) is 0 Å². The maximum absolute atomic E-state index is 11.7. The van der Waals surface area contributed by atoms with E-state index in [9.17, 15) is 4.79 Å². The molecule has 0 spiro atoms. The molecule has 1 heterocycles. The van der Waals surface area contributed by atoms with Crippen LogP contribution in [0.2, 0.25) is 0 Å². The van der Waals surface area contributed by atoms with Crippen LogP contribution < -0.4 is 0 Å². The fraction of sp³-hybridized carbons (Fsp3) is 0.471. The molecule has 1 aromatic carbocycles. The Morgan fingerprint density at radius 2 is 2.05 bits per heavy atom. The van der Waals surface area contributed by atoms with Crippen molar-refractivity contribution < 1.29 is 4.79 Å². The first-order valence-electron chi connectivity index (χ1n) is 7.15. The van der Waals surface area contributed by atoms with Gasteiger partial charge in [-0.05, 0) is 43.9 Å². The maximum atomic E-state index is 11.7. The van der Waals surface area contributed by atoms with E-state index in [1.54, 1.807) is 6.92 Å². The molecule has 1 aliphatic rings. The first kappa shape index (κ1) is 14.0. The highest BCUT2D eigenvalue weighted by molar-refractivity contribution is 5.99. The van der Waals surface area contributed by atoms with Crippen molar-refractivity contribution >= 4 is 11.4 Å². The molecule has 1 aliphatic heterocycles. The van der Waals surface area contributed by atoms with E-state index in [0.717, 1.165) is 29.8 Å². The topological polar surface area (TPSA) is 20.3 Å². The minimum Gasteiger partial charge on any atom is -0.296 e. The molecule has 0 bridgehead atoms. The van der Waals surface area contributed by atoms with Crippen LogP contribution in [-0.2, 0) is 0 Å². The van der Waals surface area contributed by atoms with Crippen LogP contribution in [0.15, 0.2) is 30.8 Å². The van der Waals surface area contributed by atoms with E-state index in [2.05, 4.69) is 18.4 Å². The minimum absolute atomic E-state index is 0.116. The highest BCUT2D eigenvalue weighted by Crippen LogP contribution is 2.25. The van der Waals surface area contributed by atoms with Crippen molar-refractivity contribution in [2.24, 2.45) is 0 Å². The maximum Gasteiger partial charge on any atom is 0.160 e. The monoisotopic (exact) mass is 257 g/mol. The van der Waals surface area contributed by atoms with Gasteiger partial charge >= 0.3 is 0 Å². The number of benzene rings is 1. The fourth-order valence-electron chi connectivity index (χ4n) is 2.99. The van der Waals surface area contributed by atoms with E-state index in [-0.39, 0.29) is 5.78 Å². The summed E-state index contributed by atoms with van der Waals surface area (Å²) < 4.78 is 0. The zero-order valence-electron chi connectivity index (χ0n) is 12.0. The third kappa shape index (κ3) is 3.13. The molecule has 102 valence electrons. The molecule has 0 aliphatic carbocycles. The van der Waals surface area contributed by atoms with Crippen molar-refractivity contribution in [3.8, 4) is 0 Å². The Morgan fingerprint density at radius 3 is 2.68 bits per heavy atom. The lowest BCUT2D eigenvalue weighted by atomic mass is 9.98. The number of hydrogen-bond donors (Lipinski definition) is 0. The average molecular weight is 257 g/mol. The Hall–Kier alpha value is -1.41. The van der Waals surface area contributed by atoms with Gasteiger partial charge in [-0.2, -0.15) is 0 Å². The predicted octanol–water partition coefficient (Wildman–Crippen LogP) is 3.78. The first-order valence-corrected chi connectivity index (χ1v) is 7.15. The van der Waals surface area contributed by atoms with Crippen molar-refractivity contribution in [2.45, 2.75) is 39.2 Å². The lowest BCUT2D eigenvalue weighted by Crippen LogP contribution is -2.30. The summed E-state index contributed by atoms with van der Waals surface area (Å²) in [5, 5.41) is 0. The first-order chi connectivity index (χ1) is 9.13. The highest BCUT2D eigenvalue weighted by Gasteiger charge is 2.23. The van der Waals surface area contributed by atoms with Gasteiger partial charge in [0.25, 0.3) is 0 Å². The molecule has 2 heteroatoms. The number of Topliss-reactive ketones (excluding diaryl/α,β-unsaturated/α-hetero) is 1. The van der Waals surface area contributed by atoms with E-state index in [1.807, 2.05) is 24.3 Å². The van der Waals surface area contributed by atoms with Gasteiger partial charge in [0.15, 0.2) is 5.78 Å². The lowest BCUT2D eigenvalue weighted by molar-refractivity contribution is 0.101. The standard InChI is InChI=1S/C17H23NO/c1-4-15-8-7-11-18(15)12-13(2)16-9-5-6-10-17(16)14(3)19/h5-6,9-10,15H,2,4,7-8,11-12H2,1,3H3. The summed E-state index contributed by atoms with van der Waals surface area (Å²) in [6, 6.07) is 8.48. The van der Waals surface area contributed by atoms with E-state index in [0.29, 0.717) is 6.04 Å².